The molecule has 1 unspecified atom stereocenters. The number of hydrogen-bond donors (Lipinski definition) is 3. The molecule has 4 rings (SSSR count). The lowest BCUT2D eigenvalue weighted by Gasteiger charge is -2.09. The Labute approximate surface area is 175 Å². The zero-order valence-electron chi connectivity index (χ0n) is 15.6. The molecule has 8 nitrogen and oxygen atoms in total. The molecular formula is C21H17N3O5S. The topological polar surface area (TPSA) is 124 Å². The summed E-state index contributed by atoms with van der Waals surface area (Å²) in [5, 5.41) is 4.72. The maximum atomic E-state index is 11.9. The van der Waals surface area contributed by atoms with Crippen LogP contribution in [0, 0.1) is 0 Å². The molecule has 4 N–H and O–H groups in total. The Kier molecular flexibility index (Phi) is 5.44. The van der Waals surface area contributed by atoms with Gasteiger partial charge in [-0.25, -0.2) is 4.79 Å². The third-order valence-electron chi connectivity index (χ3n) is 4.39. The second kappa shape index (κ2) is 8.34. The first-order valence-electron chi connectivity index (χ1n) is 8.98. The zero-order chi connectivity index (χ0) is 21.1. The Hall–Kier alpha value is -3.72. The van der Waals surface area contributed by atoms with Crippen LogP contribution in [-0.4, -0.2) is 17.8 Å². The van der Waals surface area contributed by atoms with Gasteiger partial charge in [-0.3, -0.25) is 14.9 Å². The SMILES string of the molecule is NC(=O)c1ccc(COc2ccc(Sc3ccoc3C3NC(=O)NC3=O)cc2)cc1. The maximum absolute atomic E-state index is 11.9. The first kappa shape index (κ1) is 19.6. The minimum atomic E-state index is -0.835. The highest BCUT2D eigenvalue weighted by molar-refractivity contribution is 7.99. The third-order valence-corrected chi connectivity index (χ3v) is 5.45. The van der Waals surface area contributed by atoms with E-state index in [1.807, 2.05) is 24.3 Å². The molecule has 1 atom stereocenters. The van der Waals surface area contributed by atoms with E-state index in [-0.39, 0.29) is 0 Å². The summed E-state index contributed by atoms with van der Waals surface area (Å²) < 4.78 is 11.2. The summed E-state index contributed by atoms with van der Waals surface area (Å²) in [6.07, 6.45) is 1.48. The standard InChI is InChI=1S/C21H17N3O5S/c22-19(25)13-3-1-12(2-4-13)11-29-14-5-7-15(8-6-14)30-16-9-10-28-18(16)17-20(26)24-21(27)23-17/h1-10,17H,11H2,(H2,22,25)(H2,23,24,26,27). The Morgan fingerprint density at radius 1 is 1.07 bits per heavy atom. The Morgan fingerprint density at radius 3 is 2.43 bits per heavy atom. The molecule has 2 aromatic carbocycles. The zero-order valence-corrected chi connectivity index (χ0v) is 16.4. The summed E-state index contributed by atoms with van der Waals surface area (Å²) >= 11 is 1.41. The lowest BCUT2D eigenvalue weighted by molar-refractivity contribution is -0.120. The van der Waals surface area contributed by atoms with Gasteiger partial charge in [-0.15, -0.1) is 0 Å². The average molecular weight is 423 g/mol. The van der Waals surface area contributed by atoms with E-state index in [0.29, 0.717) is 23.7 Å². The van der Waals surface area contributed by atoms with Crippen molar-refractivity contribution in [3.63, 3.8) is 0 Å². The van der Waals surface area contributed by atoms with Crippen LogP contribution in [-0.2, 0) is 11.4 Å². The lowest BCUT2D eigenvalue weighted by Crippen LogP contribution is -2.22. The van der Waals surface area contributed by atoms with Crippen LogP contribution >= 0.6 is 11.8 Å². The fourth-order valence-electron chi connectivity index (χ4n) is 2.87. The summed E-state index contributed by atoms with van der Waals surface area (Å²) in [5.41, 5.74) is 6.60. The third kappa shape index (κ3) is 4.31. The highest BCUT2D eigenvalue weighted by atomic mass is 32.2. The summed E-state index contributed by atoms with van der Waals surface area (Å²) in [6.45, 7) is 0.355. The minimum absolute atomic E-state index is 0.355. The Morgan fingerprint density at radius 2 is 1.80 bits per heavy atom. The van der Waals surface area contributed by atoms with Gasteiger partial charge in [0.1, 0.15) is 18.1 Å². The molecule has 0 saturated carbocycles. The highest BCUT2D eigenvalue weighted by Crippen LogP contribution is 2.35. The van der Waals surface area contributed by atoms with Crippen LogP contribution in [0.3, 0.4) is 0 Å². The van der Waals surface area contributed by atoms with Crippen LogP contribution in [0.1, 0.15) is 27.7 Å². The first-order valence-corrected chi connectivity index (χ1v) is 9.79. The van der Waals surface area contributed by atoms with E-state index in [9.17, 15) is 14.4 Å². The van der Waals surface area contributed by atoms with E-state index in [4.69, 9.17) is 14.9 Å². The van der Waals surface area contributed by atoms with Crippen LogP contribution in [0.5, 0.6) is 5.75 Å². The lowest BCUT2D eigenvalue weighted by atomic mass is 10.1. The molecule has 1 saturated heterocycles. The average Bonchev–Trinajstić information content (AvgIpc) is 3.32. The second-order valence-electron chi connectivity index (χ2n) is 6.47. The van der Waals surface area contributed by atoms with Crippen molar-refractivity contribution in [3.05, 3.63) is 77.7 Å². The number of furan rings is 1. The summed E-state index contributed by atoms with van der Waals surface area (Å²) in [5.74, 6) is 0.174. The fourth-order valence-corrected chi connectivity index (χ4v) is 3.78. The summed E-state index contributed by atoms with van der Waals surface area (Å²) in [7, 11) is 0. The van der Waals surface area contributed by atoms with Crippen molar-refractivity contribution < 1.29 is 23.5 Å². The molecule has 0 aliphatic carbocycles. The molecule has 1 aromatic heterocycles. The fraction of sp³-hybridized carbons (Fsp3) is 0.0952. The number of carbonyl (C=O) groups excluding carboxylic acids is 3. The molecule has 2 heterocycles. The smallest absolute Gasteiger partial charge is 0.322 e. The van der Waals surface area contributed by atoms with E-state index in [1.165, 1.54) is 18.0 Å². The summed E-state index contributed by atoms with van der Waals surface area (Å²) in [4.78, 5) is 36.0. The van der Waals surface area contributed by atoms with Crippen molar-refractivity contribution in [1.82, 2.24) is 10.6 Å². The van der Waals surface area contributed by atoms with Crippen molar-refractivity contribution in [1.29, 1.82) is 0 Å². The van der Waals surface area contributed by atoms with Crippen molar-refractivity contribution in [2.75, 3.05) is 0 Å². The van der Waals surface area contributed by atoms with Gasteiger partial charge in [-0.2, -0.15) is 0 Å². The predicted molar refractivity (Wildman–Crippen MR) is 108 cm³/mol. The van der Waals surface area contributed by atoms with E-state index in [1.54, 1.807) is 30.3 Å². The molecular weight excluding hydrogens is 406 g/mol. The minimum Gasteiger partial charge on any atom is -0.489 e. The van der Waals surface area contributed by atoms with Gasteiger partial charge in [0.05, 0.1) is 11.2 Å². The van der Waals surface area contributed by atoms with Crippen molar-refractivity contribution in [2.45, 2.75) is 22.4 Å². The molecule has 1 fully saturated rings. The van der Waals surface area contributed by atoms with Gasteiger partial charge in [0.25, 0.3) is 5.91 Å². The number of primary amides is 1. The predicted octanol–water partition coefficient (Wildman–Crippen LogP) is 2.99. The number of nitrogens with two attached hydrogens (primary N) is 1. The van der Waals surface area contributed by atoms with Gasteiger partial charge in [-0.05, 0) is 48.0 Å². The van der Waals surface area contributed by atoms with Gasteiger partial charge in [-0.1, -0.05) is 23.9 Å². The largest absolute Gasteiger partial charge is 0.489 e. The van der Waals surface area contributed by atoms with Gasteiger partial charge in [0, 0.05) is 10.5 Å². The van der Waals surface area contributed by atoms with E-state index in [0.717, 1.165) is 15.4 Å². The molecule has 9 heteroatoms. The highest BCUT2D eigenvalue weighted by Gasteiger charge is 2.35. The Bertz CT molecular complexity index is 1090. The van der Waals surface area contributed by atoms with Gasteiger partial charge in [0.2, 0.25) is 5.91 Å². The van der Waals surface area contributed by atoms with E-state index < -0.39 is 23.9 Å². The number of imide groups is 1. The quantitative estimate of drug-likeness (QED) is 0.502. The molecule has 30 heavy (non-hydrogen) atoms. The number of benzene rings is 2. The number of amides is 4. The molecule has 0 spiro atoms. The van der Waals surface area contributed by atoms with E-state index >= 15 is 0 Å². The van der Waals surface area contributed by atoms with E-state index in [2.05, 4.69) is 10.6 Å². The van der Waals surface area contributed by atoms with Gasteiger partial charge in [0.15, 0.2) is 6.04 Å². The number of hydrogen-bond acceptors (Lipinski definition) is 6. The van der Waals surface area contributed by atoms with Crippen molar-refractivity contribution >= 4 is 29.6 Å². The van der Waals surface area contributed by atoms with Crippen LogP contribution in [0.15, 0.2) is 75.1 Å². The maximum Gasteiger partial charge on any atom is 0.322 e. The number of rotatable bonds is 7. The van der Waals surface area contributed by atoms with Gasteiger partial charge >= 0.3 is 6.03 Å². The molecule has 152 valence electrons. The molecule has 4 amide bonds. The summed E-state index contributed by atoms with van der Waals surface area (Å²) in [6, 6.07) is 14.7. The molecule has 0 radical (unpaired) electrons. The molecule has 1 aliphatic rings. The van der Waals surface area contributed by atoms with Crippen LogP contribution in [0.25, 0.3) is 0 Å². The molecule has 1 aliphatic heterocycles. The van der Waals surface area contributed by atoms with Crippen LogP contribution in [0.2, 0.25) is 0 Å². The number of nitrogens with one attached hydrogen (secondary N) is 2. The molecule has 0 bridgehead atoms. The molecule has 3 aromatic rings. The van der Waals surface area contributed by atoms with Crippen molar-refractivity contribution in [3.8, 4) is 5.75 Å². The Balaban J connectivity index is 1.38. The van der Waals surface area contributed by atoms with Crippen molar-refractivity contribution in [2.24, 2.45) is 5.73 Å². The monoisotopic (exact) mass is 423 g/mol. The normalized spacial score (nSPS) is 15.5. The van der Waals surface area contributed by atoms with Gasteiger partial charge < -0.3 is 20.2 Å². The second-order valence-corrected chi connectivity index (χ2v) is 7.58. The number of urea groups is 1. The number of ether oxygens (including phenoxy) is 1. The van der Waals surface area contributed by atoms with Crippen LogP contribution < -0.4 is 21.1 Å². The van der Waals surface area contributed by atoms with Crippen LogP contribution in [0.4, 0.5) is 4.79 Å². The first-order chi connectivity index (χ1) is 14.5. The number of carbonyl (C=O) groups is 3.